The summed E-state index contributed by atoms with van der Waals surface area (Å²) in [4.78, 5) is 0. The quantitative estimate of drug-likeness (QED) is 0.747. The molecule has 0 saturated heterocycles. The number of fused-ring (bicyclic) bond motifs is 1. The first-order valence-corrected chi connectivity index (χ1v) is 4.29. The molecule has 0 fully saturated rings. The van der Waals surface area contributed by atoms with Gasteiger partial charge in [0, 0.05) is 18.5 Å². The van der Waals surface area contributed by atoms with Crippen LogP contribution < -0.4 is 0 Å². The molecular formula is C8H7BrN2O. The van der Waals surface area contributed by atoms with Gasteiger partial charge in [-0.3, -0.25) is 4.68 Å². The highest BCUT2D eigenvalue weighted by molar-refractivity contribution is 9.10. The molecule has 12 heavy (non-hydrogen) atoms. The number of phenolic OH excluding ortho intramolecular Hbond substituents is 1. The predicted octanol–water partition coefficient (Wildman–Crippen LogP) is 2.04. The van der Waals surface area contributed by atoms with Crippen molar-refractivity contribution in [2.24, 2.45) is 7.05 Å². The van der Waals surface area contributed by atoms with E-state index >= 15 is 0 Å². The number of halogens is 1. The van der Waals surface area contributed by atoms with E-state index in [4.69, 9.17) is 5.11 Å². The van der Waals surface area contributed by atoms with Crippen molar-refractivity contribution >= 4 is 26.8 Å². The van der Waals surface area contributed by atoms with Crippen LogP contribution in [0.3, 0.4) is 0 Å². The Morgan fingerprint density at radius 1 is 1.50 bits per heavy atom. The van der Waals surface area contributed by atoms with E-state index < -0.39 is 0 Å². The molecule has 1 heterocycles. The van der Waals surface area contributed by atoms with E-state index in [1.54, 1.807) is 16.8 Å². The van der Waals surface area contributed by atoms with E-state index in [-0.39, 0.29) is 5.75 Å². The second-order valence-corrected chi connectivity index (χ2v) is 3.37. The summed E-state index contributed by atoms with van der Waals surface area (Å²) in [5, 5.41) is 14.4. The number of benzene rings is 1. The van der Waals surface area contributed by atoms with Crippen LogP contribution in [0.4, 0.5) is 0 Å². The summed E-state index contributed by atoms with van der Waals surface area (Å²) in [6.45, 7) is 0. The fourth-order valence-electron chi connectivity index (χ4n) is 1.16. The lowest BCUT2D eigenvalue weighted by Crippen LogP contribution is -1.88. The average molecular weight is 227 g/mol. The van der Waals surface area contributed by atoms with Gasteiger partial charge in [0.1, 0.15) is 10.4 Å². The van der Waals surface area contributed by atoms with Crippen molar-refractivity contribution < 1.29 is 5.11 Å². The van der Waals surface area contributed by atoms with Crippen LogP contribution in [0.1, 0.15) is 0 Å². The SMILES string of the molecule is Cn1nc2cc(O)ccc2c1Br. The van der Waals surface area contributed by atoms with E-state index in [9.17, 15) is 0 Å². The zero-order valence-electron chi connectivity index (χ0n) is 6.45. The van der Waals surface area contributed by atoms with E-state index in [1.165, 1.54) is 0 Å². The van der Waals surface area contributed by atoms with Crippen molar-refractivity contribution in [3.8, 4) is 5.75 Å². The molecule has 0 radical (unpaired) electrons. The summed E-state index contributed by atoms with van der Waals surface area (Å²) < 4.78 is 2.65. The Morgan fingerprint density at radius 3 is 3.00 bits per heavy atom. The lowest BCUT2D eigenvalue weighted by Gasteiger charge is -1.89. The van der Waals surface area contributed by atoms with Crippen molar-refractivity contribution in [2.75, 3.05) is 0 Å². The number of phenols is 1. The maximum Gasteiger partial charge on any atom is 0.117 e. The second-order valence-electron chi connectivity index (χ2n) is 2.62. The van der Waals surface area contributed by atoms with Gasteiger partial charge in [-0.15, -0.1) is 0 Å². The van der Waals surface area contributed by atoms with E-state index in [0.717, 1.165) is 15.5 Å². The molecular weight excluding hydrogens is 220 g/mol. The summed E-state index contributed by atoms with van der Waals surface area (Å²) in [7, 11) is 1.85. The molecule has 3 nitrogen and oxygen atoms in total. The minimum atomic E-state index is 0.244. The summed E-state index contributed by atoms with van der Waals surface area (Å²) in [6, 6.07) is 5.12. The van der Waals surface area contributed by atoms with Crippen molar-refractivity contribution in [1.82, 2.24) is 9.78 Å². The Balaban J connectivity index is 2.87. The Labute approximate surface area is 77.7 Å². The molecule has 1 aromatic carbocycles. The largest absolute Gasteiger partial charge is 0.508 e. The van der Waals surface area contributed by atoms with Gasteiger partial charge in [-0.2, -0.15) is 5.10 Å². The van der Waals surface area contributed by atoms with Crippen LogP contribution in [0.5, 0.6) is 5.75 Å². The fraction of sp³-hybridized carbons (Fsp3) is 0.125. The average Bonchev–Trinajstić information content (AvgIpc) is 2.28. The van der Waals surface area contributed by atoms with Gasteiger partial charge >= 0.3 is 0 Å². The van der Waals surface area contributed by atoms with Gasteiger partial charge in [0.15, 0.2) is 0 Å². The van der Waals surface area contributed by atoms with Gasteiger partial charge in [0.25, 0.3) is 0 Å². The zero-order valence-corrected chi connectivity index (χ0v) is 8.04. The molecule has 1 N–H and O–H groups in total. The molecule has 0 amide bonds. The first-order valence-electron chi connectivity index (χ1n) is 3.50. The molecule has 62 valence electrons. The highest BCUT2D eigenvalue weighted by Crippen LogP contribution is 2.25. The Hall–Kier alpha value is -1.03. The molecule has 2 aromatic rings. The summed E-state index contributed by atoms with van der Waals surface area (Å²) in [5.41, 5.74) is 0.796. The van der Waals surface area contributed by atoms with Crippen LogP contribution in [0, 0.1) is 0 Å². The molecule has 0 unspecified atom stereocenters. The van der Waals surface area contributed by atoms with E-state index in [1.807, 2.05) is 13.1 Å². The third-order valence-corrected chi connectivity index (χ3v) is 2.69. The Bertz CT molecular complexity index is 436. The lowest BCUT2D eigenvalue weighted by molar-refractivity contribution is 0.476. The minimum absolute atomic E-state index is 0.244. The third kappa shape index (κ3) is 0.992. The molecule has 4 heteroatoms. The van der Waals surface area contributed by atoms with E-state index in [2.05, 4.69) is 21.0 Å². The molecule has 0 bridgehead atoms. The van der Waals surface area contributed by atoms with Crippen LogP contribution in [0.25, 0.3) is 10.9 Å². The highest BCUT2D eigenvalue weighted by Gasteiger charge is 2.05. The van der Waals surface area contributed by atoms with Crippen molar-refractivity contribution in [3.63, 3.8) is 0 Å². The standard InChI is InChI=1S/C8H7BrN2O/c1-11-8(9)6-3-2-5(12)4-7(6)10-11/h2-4,12H,1H3. The molecule has 0 aliphatic heterocycles. The van der Waals surface area contributed by atoms with Crippen molar-refractivity contribution in [2.45, 2.75) is 0 Å². The number of rotatable bonds is 0. The van der Waals surface area contributed by atoms with Gasteiger partial charge in [0.05, 0.1) is 5.52 Å². The molecule has 0 aliphatic rings. The topological polar surface area (TPSA) is 38.0 Å². The number of aryl methyl sites for hydroxylation is 1. The molecule has 0 aliphatic carbocycles. The first kappa shape index (κ1) is 7.61. The predicted molar refractivity (Wildman–Crippen MR) is 50.1 cm³/mol. The van der Waals surface area contributed by atoms with Crippen LogP contribution in [0.15, 0.2) is 22.8 Å². The summed E-state index contributed by atoms with van der Waals surface area (Å²) in [5.74, 6) is 0.244. The number of nitrogens with zero attached hydrogens (tertiary/aromatic N) is 2. The lowest BCUT2D eigenvalue weighted by atomic mass is 10.2. The van der Waals surface area contributed by atoms with Crippen LogP contribution in [0.2, 0.25) is 0 Å². The first-order chi connectivity index (χ1) is 5.68. The maximum absolute atomic E-state index is 9.17. The van der Waals surface area contributed by atoms with Crippen molar-refractivity contribution in [1.29, 1.82) is 0 Å². The summed E-state index contributed by atoms with van der Waals surface area (Å²) >= 11 is 3.39. The summed E-state index contributed by atoms with van der Waals surface area (Å²) in [6.07, 6.45) is 0. The molecule has 0 spiro atoms. The smallest absolute Gasteiger partial charge is 0.117 e. The third-order valence-electron chi connectivity index (χ3n) is 1.75. The number of aromatic nitrogens is 2. The fourth-order valence-corrected chi connectivity index (χ4v) is 1.57. The van der Waals surface area contributed by atoms with Gasteiger partial charge < -0.3 is 5.11 Å². The molecule has 0 saturated carbocycles. The van der Waals surface area contributed by atoms with Crippen molar-refractivity contribution in [3.05, 3.63) is 22.8 Å². The monoisotopic (exact) mass is 226 g/mol. The Kier molecular flexibility index (Phi) is 1.58. The van der Waals surface area contributed by atoms with E-state index in [0.29, 0.717) is 0 Å². The number of hydrogen-bond acceptors (Lipinski definition) is 2. The van der Waals surface area contributed by atoms with Gasteiger partial charge in [-0.25, -0.2) is 0 Å². The van der Waals surface area contributed by atoms with Gasteiger partial charge in [0.2, 0.25) is 0 Å². The van der Waals surface area contributed by atoms with Crippen LogP contribution >= 0.6 is 15.9 Å². The van der Waals surface area contributed by atoms with Gasteiger partial charge in [-0.05, 0) is 28.1 Å². The zero-order chi connectivity index (χ0) is 8.72. The second kappa shape index (κ2) is 2.48. The Morgan fingerprint density at radius 2 is 2.25 bits per heavy atom. The minimum Gasteiger partial charge on any atom is -0.508 e. The normalized spacial score (nSPS) is 10.8. The molecule has 0 atom stereocenters. The molecule has 2 rings (SSSR count). The van der Waals surface area contributed by atoms with Crippen LogP contribution in [-0.4, -0.2) is 14.9 Å². The highest BCUT2D eigenvalue weighted by atomic mass is 79.9. The van der Waals surface area contributed by atoms with Crippen LogP contribution in [-0.2, 0) is 7.05 Å². The number of aromatic hydroxyl groups is 1. The maximum atomic E-state index is 9.17. The molecule has 1 aromatic heterocycles. The number of hydrogen-bond donors (Lipinski definition) is 1. The van der Waals surface area contributed by atoms with Gasteiger partial charge in [-0.1, -0.05) is 0 Å².